The van der Waals surface area contributed by atoms with Crippen LogP contribution in [0.2, 0.25) is 0 Å². The average Bonchev–Trinajstić information content (AvgIpc) is 2.55. The second-order valence-corrected chi connectivity index (χ2v) is 9.85. The summed E-state index contributed by atoms with van der Waals surface area (Å²) in [5.74, 6) is 0. The van der Waals surface area contributed by atoms with E-state index >= 15 is 0 Å². The van der Waals surface area contributed by atoms with Crippen molar-refractivity contribution >= 4 is 20.0 Å². The van der Waals surface area contributed by atoms with Gasteiger partial charge in [-0.25, -0.2) is 25.9 Å². The maximum Gasteiger partial charge on any atom is 0.242 e. The maximum atomic E-state index is 12.5. The molecule has 0 amide bonds. The fourth-order valence-corrected chi connectivity index (χ4v) is 4.44. The van der Waals surface area contributed by atoms with Crippen LogP contribution < -0.4 is 4.72 Å². The molecular formula is C17H22N2O4S2. The summed E-state index contributed by atoms with van der Waals surface area (Å²) in [5.41, 5.74) is 2.27. The van der Waals surface area contributed by atoms with Crippen molar-refractivity contribution in [3.63, 3.8) is 0 Å². The molecular weight excluding hydrogens is 360 g/mol. The maximum absolute atomic E-state index is 12.5. The van der Waals surface area contributed by atoms with Crippen LogP contribution in [0.5, 0.6) is 0 Å². The number of aryl methyl sites for hydroxylation is 2. The Hall–Kier alpha value is -1.74. The number of benzene rings is 2. The lowest BCUT2D eigenvalue weighted by Crippen LogP contribution is -2.27. The second-order valence-electron chi connectivity index (χ2n) is 5.97. The lowest BCUT2D eigenvalue weighted by Gasteiger charge is -2.15. The summed E-state index contributed by atoms with van der Waals surface area (Å²) < 4.78 is 53.3. The minimum atomic E-state index is -3.74. The molecule has 0 aromatic heterocycles. The highest BCUT2D eigenvalue weighted by atomic mass is 32.2. The fraction of sp³-hybridized carbons (Fsp3) is 0.294. The highest BCUT2D eigenvalue weighted by Gasteiger charge is 2.22. The van der Waals surface area contributed by atoms with E-state index in [9.17, 15) is 16.8 Å². The van der Waals surface area contributed by atoms with Gasteiger partial charge in [0.05, 0.1) is 9.79 Å². The molecule has 2 aromatic carbocycles. The predicted molar refractivity (Wildman–Crippen MR) is 97.3 cm³/mol. The van der Waals surface area contributed by atoms with Crippen LogP contribution in [0.1, 0.15) is 16.7 Å². The minimum Gasteiger partial charge on any atom is -0.207 e. The van der Waals surface area contributed by atoms with Crippen molar-refractivity contribution in [3.05, 3.63) is 59.2 Å². The third-order valence-electron chi connectivity index (χ3n) is 3.97. The Balaban J connectivity index is 2.31. The summed E-state index contributed by atoms with van der Waals surface area (Å²) in [6.07, 6.45) is 0. The van der Waals surface area contributed by atoms with Crippen molar-refractivity contribution in [1.82, 2.24) is 9.03 Å². The molecule has 0 aliphatic rings. The van der Waals surface area contributed by atoms with Gasteiger partial charge in [-0.05, 0) is 48.7 Å². The lowest BCUT2D eigenvalue weighted by atomic mass is 10.1. The first kappa shape index (κ1) is 19.6. The number of sulfonamides is 2. The Morgan fingerprint density at radius 1 is 0.920 bits per heavy atom. The standard InChI is InChI=1S/C17H22N2O4S2/c1-13-9-10-16(11-14(13)2)24(20,21)18-12-15-7-5-6-8-17(15)25(22,23)19(3)4/h5-11,18H,12H2,1-4H3. The van der Waals surface area contributed by atoms with Crippen LogP contribution in [0.15, 0.2) is 52.3 Å². The molecule has 0 spiro atoms. The van der Waals surface area contributed by atoms with Crippen molar-refractivity contribution in [1.29, 1.82) is 0 Å². The zero-order valence-corrected chi connectivity index (χ0v) is 16.3. The molecule has 2 aromatic rings. The fourth-order valence-electron chi connectivity index (χ4n) is 2.24. The molecule has 0 fully saturated rings. The van der Waals surface area contributed by atoms with Crippen LogP contribution in [-0.2, 0) is 26.6 Å². The molecule has 1 N–H and O–H groups in total. The summed E-state index contributed by atoms with van der Waals surface area (Å²) in [6, 6.07) is 11.2. The summed E-state index contributed by atoms with van der Waals surface area (Å²) >= 11 is 0. The summed E-state index contributed by atoms with van der Waals surface area (Å²) in [4.78, 5) is 0.242. The van der Waals surface area contributed by atoms with Crippen molar-refractivity contribution in [2.24, 2.45) is 0 Å². The van der Waals surface area contributed by atoms with Gasteiger partial charge < -0.3 is 0 Å². The Morgan fingerprint density at radius 3 is 2.16 bits per heavy atom. The molecule has 0 aliphatic carbocycles. The number of nitrogens with zero attached hydrogens (tertiary/aromatic N) is 1. The number of nitrogens with one attached hydrogen (secondary N) is 1. The minimum absolute atomic E-state index is 0.0859. The van der Waals surface area contributed by atoms with Crippen LogP contribution in [-0.4, -0.2) is 35.2 Å². The van der Waals surface area contributed by atoms with Gasteiger partial charge in [0.1, 0.15) is 0 Å². The molecule has 25 heavy (non-hydrogen) atoms. The average molecular weight is 383 g/mol. The molecule has 0 saturated carbocycles. The Morgan fingerprint density at radius 2 is 1.56 bits per heavy atom. The van der Waals surface area contributed by atoms with E-state index in [1.807, 2.05) is 13.8 Å². The van der Waals surface area contributed by atoms with Crippen molar-refractivity contribution in [3.8, 4) is 0 Å². The van der Waals surface area contributed by atoms with Gasteiger partial charge in [0.25, 0.3) is 0 Å². The molecule has 0 aliphatic heterocycles. The largest absolute Gasteiger partial charge is 0.242 e. The van der Waals surface area contributed by atoms with E-state index in [4.69, 9.17) is 0 Å². The topological polar surface area (TPSA) is 83.5 Å². The molecule has 2 rings (SSSR count). The predicted octanol–water partition coefficient (Wildman–Crippen LogP) is 2.03. The summed E-state index contributed by atoms with van der Waals surface area (Å²) in [5, 5.41) is 0. The Labute approximate surface area is 149 Å². The lowest BCUT2D eigenvalue weighted by molar-refractivity contribution is 0.519. The zero-order valence-electron chi connectivity index (χ0n) is 14.6. The number of hydrogen-bond acceptors (Lipinski definition) is 4. The van der Waals surface area contributed by atoms with Crippen LogP contribution in [0, 0.1) is 13.8 Å². The highest BCUT2D eigenvalue weighted by molar-refractivity contribution is 7.89. The van der Waals surface area contributed by atoms with Gasteiger partial charge in [-0.3, -0.25) is 0 Å². The van der Waals surface area contributed by atoms with Gasteiger partial charge >= 0.3 is 0 Å². The van der Waals surface area contributed by atoms with Gasteiger partial charge in [0, 0.05) is 20.6 Å². The Bertz CT molecular complexity index is 981. The van der Waals surface area contributed by atoms with Crippen LogP contribution in [0.25, 0.3) is 0 Å². The van der Waals surface area contributed by atoms with Crippen molar-refractivity contribution in [2.75, 3.05) is 14.1 Å². The molecule has 136 valence electrons. The first-order valence-electron chi connectivity index (χ1n) is 7.63. The van der Waals surface area contributed by atoms with Gasteiger partial charge in [0.15, 0.2) is 0 Å². The Kier molecular flexibility index (Phi) is 5.68. The number of hydrogen-bond donors (Lipinski definition) is 1. The van der Waals surface area contributed by atoms with E-state index in [1.165, 1.54) is 26.2 Å². The molecule has 8 heteroatoms. The third kappa shape index (κ3) is 4.27. The van der Waals surface area contributed by atoms with Crippen LogP contribution in [0.4, 0.5) is 0 Å². The van der Waals surface area contributed by atoms with E-state index in [0.29, 0.717) is 5.56 Å². The molecule has 0 saturated heterocycles. The van der Waals surface area contributed by atoms with Crippen molar-refractivity contribution in [2.45, 2.75) is 30.2 Å². The smallest absolute Gasteiger partial charge is 0.207 e. The normalized spacial score (nSPS) is 12.5. The third-order valence-corrected chi connectivity index (χ3v) is 7.29. The van der Waals surface area contributed by atoms with E-state index in [1.54, 1.807) is 30.3 Å². The van der Waals surface area contributed by atoms with E-state index < -0.39 is 20.0 Å². The number of rotatable bonds is 6. The first-order valence-corrected chi connectivity index (χ1v) is 10.6. The molecule has 0 atom stereocenters. The molecule has 0 unspecified atom stereocenters. The SMILES string of the molecule is Cc1ccc(S(=O)(=O)NCc2ccccc2S(=O)(=O)N(C)C)cc1C. The van der Waals surface area contributed by atoms with Gasteiger partial charge in [-0.15, -0.1) is 0 Å². The van der Waals surface area contributed by atoms with Crippen molar-refractivity contribution < 1.29 is 16.8 Å². The molecule has 0 heterocycles. The van der Waals surface area contributed by atoms with E-state index in [-0.39, 0.29) is 16.3 Å². The highest BCUT2D eigenvalue weighted by Crippen LogP contribution is 2.20. The molecule has 6 nitrogen and oxygen atoms in total. The van der Waals surface area contributed by atoms with Gasteiger partial charge in [-0.2, -0.15) is 0 Å². The zero-order chi connectivity index (χ0) is 18.8. The molecule has 0 bridgehead atoms. The van der Waals surface area contributed by atoms with Gasteiger partial charge in [-0.1, -0.05) is 24.3 Å². The van der Waals surface area contributed by atoms with E-state index in [2.05, 4.69) is 4.72 Å². The quantitative estimate of drug-likeness (QED) is 0.829. The van der Waals surface area contributed by atoms with Crippen LogP contribution in [0.3, 0.4) is 0 Å². The second kappa shape index (κ2) is 7.25. The monoisotopic (exact) mass is 382 g/mol. The first-order chi connectivity index (χ1) is 11.6. The summed E-state index contributed by atoms with van der Waals surface area (Å²) in [7, 11) is -4.52. The van der Waals surface area contributed by atoms with Gasteiger partial charge in [0.2, 0.25) is 20.0 Å². The van der Waals surface area contributed by atoms with Crippen LogP contribution >= 0.6 is 0 Å². The molecule has 0 radical (unpaired) electrons. The van der Waals surface area contributed by atoms with E-state index in [0.717, 1.165) is 15.4 Å². The summed E-state index contributed by atoms with van der Waals surface area (Å²) in [6.45, 7) is 3.63.